The number of nitrogens with zero attached hydrogens (tertiary/aromatic N) is 2. The van der Waals surface area contributed by atoms with Crippen molar-refractivity contribution in [3.63, 3.8) is 0 Å². The van der Waals surface area contributed by atoms with Gasteiger partial charge in [-0.25, -0.2) is 0 Å². The summed E-state index contributed by atoms with van der Waals surface area (Å²) in [6.07, 6.45) is 3.90. The van der Waals surface area contributed by atoms with Crippen molar-refractivity contribution < 1.29 is 0 Å². The summed E-state index contributed by atoms with van der Waals surface area (Å²) < 4.78 is 3.02. The molecule has 102 valence electrons. The van der Waals surface area contributed by atoms with Gasteiger partial charge in [0, 0.05) is 33.4 Å². The molecule has 2 aromatic rings. The fourth-order valence-corrected chi connectivity index (χ4v) is 3.35. The lowest BCUT2D eigenvalue weighted by Crippen LogP contribution is -2.29. The van der Waals surface area contributed by atoms with Gasteiger partial charge in [0.1, 0.15) is 0 Å². The van der Waals surface area contributed by atoms with Crippen LogP contribution in [0, 0.1) is 0 Å². The highest BCUT2D eigenvalue weighted by molar-refractivity contribution is 9.10. The lowest BCUT2D eigenvalue weighted by molar-refractivity contribution is 0.607. The Morgan fingerprint density at radius 2 is 2.26 bits per heavy atom. The number of nitrogens with one attached hydrogen (secondary N) is 1. The molecule has 3 N–H and O–H groups in total. The summed E-state index contributed by atoms with van der Waals surface area (Å²) in [7, 11) is 0. The molecule has 1 aromatic carbocycles. The van der Waals surface area contributed by atoms with Crippen LogP contribution in [0.3, 0.4) is 0 Å². The summed E-state index contributed by atoms with van der Waals surface area (Å²) >= 11 is 5.32. The molecule has 0 saturated heterocycles. The number of aryl methyl sites for hydroxylation is 1. The maximum Gasteiger partial charge on any atom is 0.0584 e. The molecule has 0 aliphatic heterocycles. The largest absolute Gasteiger partial charge is 0.273 e. The number of hydrogen-bond donors (Lipinski definition) is 2. The molecular formula is C13H17BrN4S. The number of halogens is 1. The Bertz CT molecular complexity index is 529. The van der Waals surface area contributed by atoms with Crippen molar-refractivity contribution in [1.29, 1.82) is 0 Å². The van der Waals surface area contributed by atoms with Crippen molar-refractivity contribution in [2.75, 3.05) is 5.75 Å². The summed E-state index contributed by atoms with van der Waals surface area (Å²) in [5.74, 6) is 6.50. The van der Waals surface area contributed by atoms with Gasteiger partial charge < -0.3 is 0 Å². The van der Waals surface area contributed by atoms with E-state index in [0.29, 0.717) is 0 Å². The number of aromatic nitrogens is 2. The van der Waals surface area contributed by atoms with Gasteiger partial charge >= 0.3 is 0 Å². The standard InChI is InChI=1S/C13H17BrN4S/c1-2-18-8-10(7-16-18)12(17-15)9-19-13-6-4-3-5-11(13)14/h3-8,12,17H,2,9,15H2,1H3. The molecule has 19 heavy (non-hydrogen) atoms. The molecule has 2 rings (SSSR count). The van der Waals surface area contributed by atoms with Crippen LogP contribution in [0.5, 0.6) is 0 Å². The molecule has 6 heteroatoms. The molecule has 1 atom stereocenters. The van der Waals surface area contributed by atoms with Gasteiger partial charge in [-0.3, -0.25) is 16.0 Å². The third kappa shape index (κ3) is 3.82. The SMILES string of the molecule is CCn1cc(C(CSc2ccccc2Br)NN)cn1. The number of benzene rings is 1. The predicted molar refractivity (Wildman–Crippen MR) is 82.8 cm³/mol. The molecule has 0 spiro atoms. The first-order valence-corrected chi connectivity index (χ1v) is 7.88. The van der Waals surface area contributed by atoms with Crippen molar-refractivity contribution in [2.24, 2.45) is 5.84 Å². The summed E-state index contributed by atoms with van der Waals surface area (Å²) in [5.41, 5.74) is 3.97. The van der Waals surface area contributed by atoms with Crippen LogP contribution in [-0.4, -0.2) is 15.5 Å². The van der Waals surface area contributed by atoms with Crippen LogP contribution in [0.2, 0.25) is 0 Å². The maximum absolute atomic E-state index is 5.65. The highest BCUT2D eigenvalue weighted by Crippen LogP contribution is 2.30. The van der Waals surface area contributed by atoms with Gasteiger partial charge in [-0.2, -0.15) is 5.10 Å². The highest BCUT2D eigenvalue weighted by Gasteiger charge is 2.13. The number of thioether (sulfide) groups is 1. The number of nitrogens with two attached hydrogens (primary N) is 1. The molecule has 0 saturated carbocycles. The zero-order valence-corrected chi connectivity index (χ0v) is 13.1. The summed E-state index contributed by atoms with van der Waals surface area (Å²) in [5, 5.41) is 4.28. The van der Waals surface area contributed by atoms with E-state index in [9.17, 15) is 0 Å². The third-order valence-corrected chi connectivity index (χ3v) is 4.94. The van der Waals surface area contributed by atoms with E-state index in [1.54, 1.807) is 11.8 Å². The van der Waals surface area contributed by atoms with Crippen LogP contribution in [0.25, 0.3) is 0 Å². The average molecular weight is 341 g/mol. The number of rotatable bonds is 6. The van der Waals surface area contributed by atoms with Gasteiger partial charge in [-0.1, -0.05) is 12.1 Å². The fourth-order valence-electron chi connectivity index (χ4n) is 1.71. The molecule has 0 bridgehead atoms. The molecule has 0 fully saturated rings. The summed E-state index contributed by atoms with van der Waals surface area (Å²) in [4.78, 5) is 1.21. The van der Waals surface area contributed by atoms with Gasteiger partial charge in [0.15, 0.2) is 0 Å². The number of hydrazine groups is 1. The van der Waals surface area contributed by atoms with E-state index in [2.05, 4.69) is 39.4 Å². The predicted octanol–water partition coefficient (Wildman–Crippen LogP) is 2.96. The Balaban J connectivity index is 2.02. The Labute approximate surface area is 125 Å². The van der Waals surface area contributed by atoms with E-state index >= 15 is 0 Å². The molecule has 1 heterocycles. The Morgan fingerprint density at radius 1 is 1.47 bits per heavy atom. The van der Waals surface area contributed by atoms with E-state index in [0.717, 1.165) is 22.3 Å². The minimum Gasteiger partial charge on any atom is -0.273 e. The molecule has 1 aromatic heterocycles. The molecule has 0 radical (unpaired) electrons. The van der Waals surface area contributed by atoms with E-state index < -0.39 is 0 Å². The van der Waals surface area contributed by atoms with Crippen LogP contribution < -0.4 is 11.3 Å². The molecule has 0 amide bonds. The van der Waals surface area contributed by atoms with E-state index in [4.69, 9.17) is 5.84 Å². The molecule has 4 nitrogen and oxygen atoms in total. The second kappa shape index (κ2) is 7.09. The first kappa shape index (κ1) is 14.6. The number of hydrogen-bond acceptors (Lipinski definition) is 4. The zero-order valence-electron chi connectivity index (χ0n) is 10.7. The van der Waals surface area contributed by atoms with Gasteiger partial charge in [0.05, 0.1) is 12.2 Å². The van der Waals surface area contributed by atoms with Crippen molar-refractivity contribution in [2.45, 2.75) is 24.4 Å². The van der Waals surface area contributed by atoms with Crippen molar-refractivity contribution in [1.82, 2.24) is 15.2 Å². The quantitative estimate of drug-likeness (QED) is 0.482. The second-order valence-electron chi connectivity index (χ2n) is 4.09. The maximum atomic E-state index is 5.65. The van der Waals surface area contributed by atoms with Crippen molar-refractivity contribution in [3.8, 4) is 0 Å². The minimum atomic E-state index is 0.0948. The van der Waals surface area contributed by atoms with Crippen LogP contribution in [0.15, 0.2) is 46.0 Å². The Morgan fingerprint density at radius 3 is 2.89 bits per heavy atom. The topological polar surface area (TPSA) is 55.9 Å². The molecule has 0 aliphatic rings. The normalized spacial score (nSPS) is 12.6. The first-order chi connectivity index (χ1) is 9.24. The fraction of sp³-hybridized carbons (Fsp3) is 0.308. The Hall–Kier alpha value is -0.820. The van der Waals surface area contributed by atoms with Gasteiger partial charge in [0.2, 0.25) is 0 Å². The van der Waals surface area contributed by atoms with E-state index in [1.165, 1.54) is 4.90 Å². The smallest absolute Gasteiger partial charge is 0.0584 e. The Kier molecular flexibility index (Phi) is 5.45. The molecular weight excluding hydrogens is 324 g/mol. The van der Waals surface area contributed by atoms with Crippen LogP contribution in [-0.2, 0) is 6.54 Å². The van der Waals surface area contributed by atoms with Crippen molar-refractivity contribution in [3.05, 3.63) is 46.7 Å². The highest BCUT2D eigenvalue weighted by atomic mass is 79.9. The van der Waals surface area contributed by atoms with Gasteiger partial charge in [-0.05, 0) is 35.0 Å². The first-order valence-electron chi connectivity index (χ1n) is 6.10. The third-order valence-electron chi connectivity index (χ3n) is 2.82. The van der Waals surface area contributed by atoms with E-state index in [1.807, 2.05) is 35.3 Å². The molecule has 0 aliphatic carbocycles. The van der Waals surface area contributed by atoms with E-state index in [-0.39, 0.29) is 6.04 Å². The second-order valence-corrected chi connectivity index (χ2v) is 6.01. The monoisotopic (exact) mass is 340 g/mol. The lowest BCUT2D eigenvalue weighted by atomic mass is 10.2. The zero-order chi connectivity index (χ0) is 13.7. The van der Waals surface area contributed by atoms with Gasteiger partial charge in [0.25, 0.3) is 0 Å². The summed E-state index contributed by atoms with van der Waals surface area (Å²) in [6, 6.07) is 8.28. The lowest BCUT2D eigenvalue weighted by Gasteiger charge is -2.14. The van der Waals surface area contributed by atoms with Crippen LogP contribution >= 0.6 is 27.7 Å². The minimum absolute atomic E-state index is 0.0948. The average Bonchev–Trinajstić information content (AvgIpc) is 2.90. The molecule has 1 unspecified atom stereocenters. The summed E-state index contributed by atoms with van der Waals surface area (Å²) in [6.45, 7) is 2.94. The van der Waals surface area contributed by atoms with Crippen molar-refractivity contribution >= 4 is 27.7 Å². The van der Waals surface area contributed by atoms with Crippen LogP contribution in [0.4, 0.5) is 0 Å². The van der Waals surface area contributed by atoms with Gasteiger partial charge in [-0.15, -0.1) is 11.8 Å². The van der Waals surface area contributed by atoms with Crippen LogP contribution in [0.1, 0.15) is 18.5 Å².